The number of para-hydroxylation sites is 1. The summed E-state index contributed by atoms with van der Waals surface area (Å²) in [5.74, 6) is 0.891. The van der Waals surface area contributed by atoms with Crippen molar-refractivity contribution in [1.29, 1.82) is 0 Å². The summed E-state index contributed by atoms with van der Waals surface area (Å²) >= 11 is 3.36. The standard InChI is InChI=1S/C15H12BrN3/c1-19-10-14(16)18-15(19)9-8-12-7-6-11-4-2-3-5-13(11)17-12/h2-10H,1H3. The number of pyridine rings is 1. The van der Waals surface area contributed by atoms with Gasteiger partial charge in [-0.05, 0) is 40.2 Å². The van der Waals surface area contributed by atoms with E-state index in [1.165, 1.54) is 0 Å². The van der Waals surface area contributed by atoms with E-state index in [-0.39, 0.29) is 0 Å². The average molecular weight is 314 g/mol. The fourth-order valence-electron chi connectivity index (χ4n) is 1.93. The molecule has 0 atom stereocenters. The van der Waals surface area contributed by atoms with E-state index >= 15 is 0 Å². The summed E-state index contributed by atoms with van der Waals surface area (Å²) < 4.78 is 2.79. The van der Waals surface area contributed by atoms with E-state index in [1.807, 2.05) is 54.2 Å². The zero-order valence-corrected chi connectivity index (χ0v) is 12.0. The molecule has 0 fully saturated rings. The maximum atomic E-state index is 4.59. The molecular weight excluding hydrogens is 302 g/mol. The highest BCUT2D eigenvalue weighted by molar-refractivity contribution is 9.10. The van der Waals surface area contributed by atoms with Crippen molar-refractivity contribution in [1.82, 2.24) is 14.5 Å². The highest BCUT2D eigenvalue weighted by atomic mass is 79.9. The highest BCUT2D eigenvalue weighted by Gasteiger charge is 1.99. The van der Waals surface area contributed by atoms with Crippen molar-refractivity contribution < 1.29 is 0 Å². The third kappa shape index (κ3) is 2.58. The number of fused-ring (bicyclic) bond motifs is 1. The van der Waals surface area contributed by atoms with Crippen molar-refractivity contribution in [2.24, 2.45) is 7.05 Å². The quantitative estimate of drug-likeness (QED) is 0.718. The van der Waals surface area contributed by atoms with Crippen LogP contribution in [0, 0.1) is 0 Å². The average Bonchev–Trinajstić information content (AvgIpc) is 2.74. The van der Waals surface area contributed by atoms with Gasteiger partial charge in [-0.25, -0.2) is 9.97 Å². The molecule has 3 aromatic rings. The minimum absolute atomic E-state index is 0.834. The van der Waals surface area contributed by atoms with Gasteiger partial charge in [0.2, 0.25) is 0 Å². The molecule has 3 nitrogen and oxygen atoms in total. The van der Waals surface area contributed by atoms with Crippen LogP contribution in [0.5, 0.6) is 0 Å². The lowest BCUT2D eigenvalue weighted by atomic mass is 10.2. The number of benzene rings is 1. The van der Waals surface area contributed by atoms with Gasteiger partial charge in [0.25, 0.3) is 0 Å². The topological polar surface area (TPSA) is 30.7 Å². The number of halogens is 1. The number of aromatic nitrogens is 3. The number of hydrogen-bond acceptors (Lipinski definition) is 2. The van der Waals surface area contributed by atoms with Crippen molar-refractivity contribution in [3.05, 3.63) is 58.7 Å². The van der Waals surface area contributed by atoms with Crippen molar-refractivity contribution in [3.63, 3.8) is 0 Å². The molecule has 4 heteroatoms. The molecule has 0 unspecified atom stereocenters. The molecular formula is C15H12BrN3. The Balaban J connectivity index is 1.94. The first-order valence-electron chi connectivity index (χ1n) is 5.95. The van der Waals surface area contributed by atoms with Crippen molar-refractivity contribution in [3.8, 4) is 0 Å². The fraction of sp³-hybridized carbons (Fsp3) is 0.0667. The molecule has 2 heterocycles. The van der Waals surface area contributed by atoms with Crippen LogP contribution in [0.25, 0.3) is 23.1 Å². The molecule has 0 spiro atoms. The molecule has 1 aromatic carbocycles. The van der Waals surface area contributed by atoms with Crippen LogP contribution < -0.4 is 0 Å². The monoisotopic (exact) mass is 313 g/mol. The van der Waals surface area contributed by atoms with Crippen LogP contribution in [0.15, 0.2) is 47.2 Å². The molecule has 94 valence electrons. The summed E-state index contributed by atoms with van der Waals surface area (Å²) in [5, 5.41) is 1.15. The van der Waals surface area contributed by atoms with E-state index in [1.54, 1.807) is 0 Å². The summed E-state index contributed by atoms with van der Waals surface area (Å²) in [7, 11) is 1.96. The molecule has 0 saturated carbocycles. The van der Waals surface area contributed by atoms with Crippen molar-refractivity contribution in [2.45, 2.75) is 0 Å². The summed E-state index contributed by atoms with van der Waals surface area (Å²) in [6.07, 6.45) is 5.86. The van der Waals surface area contributed by atoms with Gasteiger partial charge in [-0.3, -0.25) is 0 Å². The largest absolute Gasteiger partial charge is 0.333 e. The lowest BCUT2D eigenvalue weighted by Gasteiger charge is -1.98. The molecule has 2 aromatic heterocycles. The van der Waals surface area contributed by atoms with Crippen LogP contribution in [0.1, 0.15) is 11.5 Å². The zero-order valence-electron chi connectivity index (χ0n) is 10.4. The number of imidazole rings is 1. The van der Waals surface area contributed by atoms with Gasteiger partial charge in [-0.1, -0.05) is 24.3 Å². The van der Waals surface area contributed by atoms with E-state index in [0.29, 0.717) is 0 Å². The minimum Gasteiger partial charge on any atom is -0.333 e. The summed E-state index contributed by atoms with van der Waals surface area (Å²) in [4.78, 5) is 8.94. The Morgan fingerprint density at radius 2 is 1.89 bits per heavy atom. The Morgan fingerprint density at radius 3 is 2.68 bits per heavy atom. The molecule has 19 heavy (non-hydrogen) atoms. The molecule has 0 saturated heterocycles. The summed E-state index contributed by atoms with van der Waals surface area (Å²) in [6, 6.07) is 12.2. The maximum Gasteiger partial charge on any atom is 0.133 e. The number of nitrogens with zero attached hydrogens (tertiary/aromatic N) is 3. The van der Waals surface area contributed by atoms with Crippen molar-refractivity contribution in [2.75, 3.05) is 0 Å². The second-order valence-electron chi connectivity index (χ2n) is 4.29. The highest BCUT2D eigenvalue weighted by Crippen LogP contribution is 2.14. The minimum atomic E-state index is 0.834. The van der Waals surface area contributed by atoms with Gasteiger partial charge in [0.05, 0.1) is 11.2 Å². The van der Waals surface area contributed by atoms with Crippen molar-refractivity contribution >= 4 is 39.0 Å². The fourth-order valence-corrected chi connectivity index (χ4v) is 2.42. The SMILES string of the molecule is Cn1cc(Br)nc1C=Cc1ccc2ccccc2n1. The third-order valence-electron chi connectivity index (χ3n) is 2.91. The summed E-state index contributed by atoms with van der Waals surface area (Å²) in [5.41, 5.74) is 1.93. The molecule has 0 N–H and O–H groups in total. The van der Waals surface area contributed by atoms with Crippen LogP contribution in [-0.4, -0.2) is 14.5 Å². The van der Waals surface area contributed by atoms with Gasteiger partial charge in [0, 0.05) is 18.6 Å². The lowest BCUT2D eigenvalue weighted by Crippen LogP contribution is -1.89. The van der Waals surface area contributed by atoms with E-state index in [0.717, 1.165) is 27.0 Å². The Labute approximate surface area is 119 Å². The Kier molecular flexibility index (Phi) is 3.17. The first kappa shape index (κ1) is 12.1. The van der Waals surface area contributed by atoms with Gasteiger partial charge in [0.15, 0.2) is 0 Å². The first-order chi connectivity index (χ1) is 9.22. The van der Waals surface area contributed by atoms with Gasteiger partial charge < -0.3 is 4.57 Å². The molecule has 0 radical (unpaired) electrons. The van der Waals surface area contributed by atoms with Crippen LogP contribution in [0.3, 0.4) is 0 Å². The van der Waals surface area contributed by atoms with Gasteiger partial charge in [0.1, 0.15) is 10.4 Å². The Hall–Kier alpha value is -1.94. The van der Waals surface area contributed by atoms with E-state index in [4.69, 9.17) is 0 Å². The normalized spacial score (nSPS) is 11.5. The molecule has 0 aliphatic carbocycles. The smallest absolute Gasteiger partial charge is 0.133 e. The van der Waals surface area contributed by atoms with E-state index < -0.39 is 0 Å². The molecule has 0 bridgehead atoms. The zero-order chi connectivity index (χ0) is 13.2. The number of rotatable bonds is 2. The van der Waals surface area contributed by atoms with Crippen LogP contribution in [0.4, 0.5) is 0 Å². The van der Waals surface area contributed by atoms with Crippen LogP contribution >= 0.6 is 15.9 Å². The predicted octanol–water partition coefficient (Wildman–Crippen LogP) is 3.90. The van der Waals surface area contributed by atoms with Gasteiger partial charge >= 0.3 is 0 Å². The second kappa shape index (κ2) is 4.97. The predicted molar refractivity (Wildman–Crippen MR) is 81.6 cm³/mol. The summed E-state index contributed by atoms with van der Waals surface area (Å²) in [6.45, 7) is 0. The number of aryl methyl sites for hydroxylation is 1. The Bertz CT molecular complexity index is 759. The van der Waals surface area contributed by atoms with Crippen LogP contribution in [0.2, 0.25) is 0 Å². The van der Waals surface area contributed by atoms with E-state index in [2.05, 4.69) is 38.0 Å². The second-order valence-corrected chi connectivity index (χ2v) is 5.11. The first-order valence-corrected chi connectivity index (χ1v) is 6.74. The maximum absolute atomic E-state index is 4.59. The molecule has 0 aliphatic heterocycles. The van der Waals surface area contributed by atoms with Gasteiger partial charge in [-0.15, -0.1) is 0 Å². The number of hydrogen-bond donors (Lipinski definition) is 0. The van der Waals surface area contributed by atoms with Gasteiger partial charge in [-0.2, -0.15) is 0 Å². The molecule has 0 amide bonds. The van der Waals surface area contributed by atoms with Crippen LogP contribution in [-0.2, 0) is 7.05 Å². The lowest BCUT2D eigenvalue weighted by molar-refractivity contribution is 0.898. The molecule has 0 aliphatic rings. The molecule has 3 rings (SSSR count). The van der Waals surface area contributed by atoms with E-state index in [9.17, 15) is 0 Å². The Morgan fingerprint density at radius 1 is 1.05 bits per heavy atom. The third-order valence-corrected chi connectivity index (χ3v) is 3.29.